The summed E-state index contributed by atoms with van der Waals surface area (Å²) in [5.41, 5.74) is -0.972. The van der Waals surface area contributed by atoms with Crippen LogP contribution in [0.5, 0.6) is 0 Å². The second-order valence-corrected chi connectivity index (χ2v) is 1.77. The molecule has 0 fully saturated rings. The third-order valence-corrected chi connectivity index (χ3v) is 1.08. The number of nitrogens with zero attached hydrogens (tertiary/aromatic N) is 1. The molecule has 54 valence electrons. The molecule has 5 heteroatoms. The summed E-state index contributed by atoms with van der Waals surface area (Å²) in [6.45, 7) is 0. The van der Waals surface area contributed by atoms with E-state index in [1.165, 1.54) is 14.2 Å². The topological polar surface area (TPSA) is 47.9 Å². The first-order valence-electron chi connectivity index (χ1n) is 2.28. The molecule has 0 bridgehead atoms. The number of hydrogen-bond acceptors (Lipinski definition) is 4. The summed E-state index contributed by atoms with van der Waals surface area (Å²) in [6, 6.07) is 0. The molecule has 9 heavy (non-hydrogen) atoms. The molecule has 0 aliphatic heterocycles. The molecule has 0 radical (unpaired) electrons. The Bertz CT molecular complexity index is 85.9. The molecule has 0 N–H and O–H groups in total. The summed E-state index contributed by atoms with van der Waals surface area (Å²) < 4.78 is 9.21. The second-order valence-electron chi connectivity index (χ2n) is 1.32. The van der Waals surface area contributed by atoms with Gasteiger partial charge in [0.1, 0.15) is 0 Å². The minimum Gasteiger partial charge on any atom is -0.353 e. The zero-order chi connectivity index (χ0) is 7.28. The number of nitroso groups, excluding NO2 is 1. The SMILES string of the molecule is COC(OC)C(Cl)N=O. The van der Waals surface area contributed by atoms with Gasteiger partial charge in [0.15, 0.2) is 6.29 Å². The molecule has 0 saturated carbocycles. The predicted molar refractivity (Wildman–Crippen MR) is 33.2 cm³/mol. The van der Waals surface area contributed by atoms with Crippen LogP contribution in [-0.4, -0.2) is 26.0 Å². The quantitative estimate of drug-likeness (QED) is 0.261. The van der Waals surface area contributed by atoms with Gasteiger partial charge in [0, 0.05) is 14.2 Å². The van der Waals surface area contributed by atoms with Crippen molar-refractivity contribution in [3.63, 3.8) is 0 Å². The highest BCUT2D eigenvalue weighted by molar-refractivity contribution is 6.20. The predicted octanol–water partition coefficient (Wildman–Crippen LogP) is 0.937. The van der Waals surface area contributed by atoms with Gasteiger partial charge in [0.2, 0.25) is 5.50 Å². The Hall–Kier alpha value is -0.190. The molecule has 0 aliphatic rings. The van der Waals surface area contributed by atoms with Crippen molar-refractivity contribution < 1.29 is 9.47 Å². The molecule has 0 aromatic rings. The highest BCUT2D eigenvalue weighted by Crippen LogP contribution is 2.07. The first-order chi connectivity index (χ1) is 4.26. The zero-order valence-electron chi connectivity index (χ0n) is 5.20. The van der Waals surface area contributed by atoms with Crippen LogP contribution in [0.4, 0.5) is 0 Å². The minimum absolute atomic E-state index is 0.746. The molecule has 0 rings (SSSR count). The van der Waals surface area contributed by atoms with Crippen molar-refractivity contribution in [2.45, 2.75) is 11.8 Å². The Morgan fingerprint density at radius 1 is 1.44 bits per heavy atom. The average Bonchev–Trinajstić information content (AvgIpc) is 1.90. The van der Waals surface area contributed by atoms with Crippen LogP contribution in [0, 0.1) is 4.91 Å². The van der Waals surface area contributed by atoms with Crippen molar-refractivity contribution in [1.82, 2.24) is 0 Å². The lowest BCUT2D eigenvalue weighted by atomic mass is 10.6. The summed E-state index contributed by atoms with van der Waals surface area (Å²) in [6.07, 6.45) is -0.746. The lowest BCUT2D eigenvalue weighted by molar-refractivity contribution is -0.102. The van der Waals surface area contributed by atoms with Crippen molar-refractivity contribution in [2.24, 2.45) is 5.18 Å². The molecular weight excluding hydrogens is 146 g/mol. The maximum absolute atomic E-state index is 9.72. The maximum Gasteiger partial charge on any atom is 0.215 e. The third-order valence-electron chi connectivity index (χ3n) is 0.790. The van der Waals surface area contributed by atoms with Crippen LogP contribution in [-0.2, 0) is 9.47 Å². The zero-order valence-corrected chi connectivity index (χ0v) is 5.96. The molecule has 0 saturated heterocycles. The third kappa shape index (κ3) is 2.74. The van der Waals surface area contributed by atoms with Gasteiger partial charge >= 0.3 is 0 Å². The van der Waals surface area contributed by atoms with E-state index >= 15 is 0 Å². The summed E-state index contributed by atoms with van der Waals surface area (Å²) in [5.74, 6) is 0. The van der Waals surface area contributed by atoms with Gasteiger partial charge in [-0.1, -0.05) is 11.6 Å². The van der Waals surface area contributed by atoms with Crippen LogP contribution in [0.25, 0.3) is 0 Å². The normalized spacial score (nSPS) is 13.8. The Morgan fingerprint density at radius 3 is 2.00 bits per heavy atom. The molecule has 0 heterocycles. The van der Waals surface area contributed by atoms with Gasteiger partial charge in [-0.2, -0.15) is 0 Å². The molecule has 4 nitrogen and oxygen atoms in total. The summed E-state index contributed by atoms with van der Waals surface area (Å²) in [7, 11) is 2.77. The van der Waals surface area contributed by atoms with Gasteiger partial charge in [-0.25, -0.2) is 0 Å². The molecule has 1 unspecified atom stereocenters. The first-order valence-corrected chi connectivity index (χ1v) is 2.72. The highest BCUT2D eigenvalue weighted by Gasteiger charge is 2.17. The number of ether oxygens (including phenoxy) is 2. The van der Waals surface area contributed by atoms with Crippen LogP contribution >= 0.6 is 11.6 Å². The molecule has 1 atom stereocenters. The van der Waals surface area contributed by atoms with E-state index in [1.54, 1.807) is 0 Å². The van der Waals surface area contributed by atoms with E-state index in [0.29, 0.717) is 0 Å². The van der Waals surface area contributed by atoms with Crippen molar-refractivity contribution in [1.29, 1.82) is 0 Å². The Balaban J connectivity index is 3.63. The summed E-state index contributed by atoms with van der Waals surface area (Å²) >= 11 is 5.30. The van der Waals surface area contributed by atoms with Crippen molar-refractivity contribution >= 4 is 11.6 Å². The van der Waals surface area contributed by atoms with Crippen LogP contribution < -0.4 is 0 Å². The molecule has 0 aromatic heterocycles. The van der Waals surface area contributed by atoms with Crippen LogP contribution in [0.15, 0.2) is 5.18 Å². The standard InChI is InChI=1S/C4H8ClNO3/c1-8-4(9-2)3(5)6-7/h3-4H,1-2H3. The van der Waals surface area contributed by atoms with Gasteiger partial charge in [0.25, 0.3) is 0 Å². The van der Waals surface area contributed by atoms with E-state index in [4.69, 9.17) is 11.6 Å². The number of hydrogen-bond donors (Lipinski definition) is 0. The second kappa shape index (κ2) is 4.67. The maximum atomic E-state index is 9.72. The lowest BCUT2D eigenvalue weighted by Gasteiger charge is -2.12. The van der Waals surface area contributed by atoms with Gasteiger partial charge in [-0.3, -0.25) is 0 Å². The fourth-order valence-electron chi connectivity index (χ4n) is 0.371. The van der Waals surface area contributed by atoms with Gasteiger partial charge < -0.3 is 9.47 Å². The van der Waals surface area contributed by atoms with E-state index in [1.807, 2.05) is 0 Å². The smallest absolute Gasteiger partial charge is 0.215 e. The molecular formula is C4H8ClNO3. The van der Waals surface area contributed by atoms with Gasteiger partial charge in [-0.05, 0) is 5.18 Å². The first kappa shape index (κ1) is 8.81. The number of halogens is 1. The largest absolute Gasteiger partial charge is 0.353 e. The highest BCUT2D eigenvalue weighted by atomic mass is 35.5. The van der Waals surface area contributed by atoms with Crippen LogP contribution in [0.1, 0.15) is 0 Å². The Kier molecular flexibility index (Phi) is 4.57. The molecule has 0 aromatic carbocycles. The van der Waals surface area contributed by atoms with E-state index < -0.39 is 11.8 Å². The number of methoxy groups -OCH3 is 2. The van der Waals surface area contributed by atoms with E-state index in [2.05, 4.69) is 14.7 Å². The number of rotatable bonds is 4. The Labute approximate surface area is 58.1 Å². The molecule has 0 aliphatic carbocycles. The van der Waals surface area contributed by atoms with Crippen LogP contribution in [0.2, 0.25) is 0 Å². The fraction of sp³-hybridized carbons (Fsp3) is 1.00. The number of alkyl halides is 1. The van der Waals surface area contributed by atoms with Crippen molar-refractivity contribution in [3.05, 3.63) is 4.91 Å². The van der Waals surface area contributed by atoms with E-state index in [0.717, 1.165) is 0 Å². The van der Waals surface area contributed by atoms with E-state index in [9.17, 15) is 4.91 Å². The lowest BCUT2D eigenvalue weighted by Crippen LogP contribution is -2.23. The van der Waals surface area contributed by atoms with E-state index in [-0.39, 0.29) is 0 Å². The minimum atomic E-state index is -0.972. The van der Waals surface area contributed by atoms with Crippen LogP contribution in [0.3, 0.4) is 0 Å². The summed E-state index contributed by atoms with van der Waals surface area (Å²) in [5, 5.41) is 2.50. The van der Waals surface area contributed by atoms with Gasteiger partial charge in [-0.15, -0.1) is 4.91 Å². The fourth-order valence-corrected chi connectivity index (χ4v) is 0.576. The Morgan fingerprint density at radius 2 is 1.89 bits per heavy atom. The van der Waals surface area contributed by atoms with Crippen molar-refractivity contribution in [2.75, 3.05) is 14.2 Å². The average molecular weight is 154 g/mol. The monoisotopic (exact) mass is 153 g/mol. The molecule has 0 spiro atoms. The van der Waals surface area contributed by atoms with Crippen molar-refractivity contribution in [3.8, 4) is 0 Å². The van der Waals surface area contributed by atoms with Gasteiger partial charge in [0.05, 0.1) is 0 Å². The molecule has 0 amide bonds. The summed E-state index contributed by atoms with van der Waals surface area (Å²) in [4.78, 5) is 9.72.